The molecule has 0 aromatic carbocycles. The molecule has 6 atom stereocenters. The molecule has 1 aliphatic carbocycles. The fourth-order valence-electron chi connectivity index (χ4n) is 3.21. The Labute approximate surface area is 163 Å². The molecular weight excluding hydrogens is 368 g/mol. The zero-order valence-corrected chi connectivity index (χ0v) is 19.0. The van der Waals surface area contributed by atoms with Crippen LogP contribution in [0.4, 0.5) is 0 Å². The predicted octanol–water partition coefficient (Wildman–Crippen LogP) is 2.18. The molecule has 0 amide bonds. The average molecular weight is 405 g/mol. The molecule has 0 radical (unpaired) electrons. The van der Waals surface area contributed by atoms with Crippen molar-refractivity contribution >= 4 is 8.32 Å². The van der Waals surface area contributed by atoms with Gasteiger partial charge in [-0.3, -0.25) is 0 Å². The topological polar surface area (TPSA) is 86.6 Å². The van der Waals surface area contributed by atoms with E-state index in [1.54, 1.807) is 19.9 Å². The Kier molecular flexibility index (Phi) is 6.37. The number of fused-ring (bicyclic) bond motifs is 1. The number of methoxy groups -OCH3 is 2. The van der Waals surface area contributed by atoms with Crippen LogP contribution in [0.25, 0.3) is 0 Å². The number of hydrogen-bond donors (Lipinski definition) is 2. The van der Waals surface area contributed by atoms with E-state index in [9.17, 15) is 10.2 Å². The normalized spacial score (nSPS) is 40.5. The van der Waals surface area contributed by atoms with Crippen LogP contribution >= 0.6 is 0 Å². The minimum atomic E-state index is -2.15. The molecule has 0 aromatic heterocycles. The Bertz CT molecular complexity index is 573. The first-order valence-electron chi connectivity index (χ1n) is 9.38. The van der Waals surface area contributed by atoms with Gasteiger partial charge in [0.2, 0.25) is 11.6 Å². The van der Waals surface area contributed by atoms with Gasteiger partial charge >= 0.3 is 0 Å². The third-order valence-corrected chi connectivity index (χ3v) is 10.9. The summed E-state index contributed by atoms with van der Waals surface area (Å²) in [4.78, 5) is 0. The standard InChI is InChI=1S/C19H36O7Si/c1-17(2,3)27(8,9)26-13-10-12(11-20)14(21)16-15(13)24-18(4,22-6)19(5,23-7)25-16/h10,13-16,20-21H,11H2,1-9H3/t13-,14-,15+,16+,18-,19-/m1/s1. The van der Waals surface area contributed by atoms with Gasteiger partial charge in [0, 0.05) is 14.2 Å². The molecule has 158 valence electrons. The lowest BCUT2D eigenvalue weighted by Crippen LogP contribution is -2.70. The van der Waals surface area contributed by atoms with Gasteiger partial charge in [0.25, 0.3) is 0 Å². The van der Waals surface area contributed by atoms with Gasteiger partial charge in [-0.25, -0.2) is 0 Å². The van der Waals surface area contributed by atoms with Gasteiger partial charge in [-0.05, 0) is 37.6 Å². The van der Waals surface area contributed by atoms with Crippen LogP contribution in [0, 0.1) is 0 Å². The number of rotatable bonds is 5. The Morgan fingerprint density at radius 3 is 1.96 bits per heavy atom. The van der Waals surface area contributed by atoms with E-state index >= 15 is 0 Å². The predicted molar refractivity (Wildman–Crippen MR) is 104 cm³/mol. The van der Waals surface area contributed by atoms with E-state index in [0.29, 0.717) is 5.57 Å². The molecule has 0 spiro atoms. The van der Waals surface area contributed by atoms with Gasteiger partial charge in [-0.2, -0.15) is 0 Å². The molecule has 7 nitrogen and oxygen atoms in total. The second-order valence-electron chi connectivity index (χ2n) is 9.15. The van der Waals surface area contributed by atoms with Crippen LogP contribution < -0.4 is 0 Å². The van der Waals surface area contributed by atoms with Gasteiger partial charge in [0.1, 0.15) is 18.3 Å². The summed E-state index contributed by atoms with van der Waals surface area (Å²) in [5.41, 5.74) is 0.461. The van der Waals surface area contributed by atoms with Gasteiger partial charge in [-0.15, -0.1) is 0 Å². The van der Waals surface area contributed by atoms with Crippen molar-refractivity contribution in [3.63, 3.8) is 0 Å². The molecule has 0 saturated carbocycles. The Morgan fingerprint density at radius 2 is 1.56 bits per heavy atom. The highest BCUT2D eigenvalue weighted by molar-refractivity contribution is 6.74. The zero-order chi connectivity index (χ0) is 20.8. The van der Waals surface area contributed by atoms with E-state index in [4.69, 9.17) is 23.4 Å². The van der Waals surface area contributed by atoms with Crippen molar-refractivity contribution < 1.29 is 33.6 Å². The van der Waals surface area contributed by atoms with Crippen LogP contribution in [-0.2, 0) is 23.4 Å². The summed E-state index contributed by atoms with van der Waals surface area (Å²) in [7, 11) is 0.880. The number of aliphatic hydroxyl groups excluding tert-OH is 2. The lowest BCUT2D eigenvalue weighted by atomic mass is 9.87. The highest BCUT2D eigenvalue weighted by Gasteiger charge is 2.61. The second-order valence-corrected chi connectivity index (χ2v) is 13.9. The quantitative estimate of drug-likeness (QED) is 0.536. The van der Waals surface area contributed by atoms with Crippen LogP contribution in [0.1, 0.15) is 34.6 Å². The highest BCUT2D eigenvalue weighted by atomic mass is 28.4. The van der Waals surface area contributed by atoms with E-state index in [-0.39, 0.29) is 11.6 Å². The molecule has 8 heteroatoms. The third-order valence-electron chi connectivity index (χ3n) is 6.46. The van der Waals surface area contributed by atoms with Gasteiger partial charge in [-0.1, -0.05) is 26.8 Å². The monoisotopic (exact) mass is 404 g/mol. The summed E-state index contributed by atoms with van der Waals surface area (Å²) in [6, 6.07) is 0. The largest absolute Gasteiger partial charge is 0.408 e. The van der Waals surface area contributed by atoms with Crippen molar-refractivity contribution in [3.8, 4) is 0 Å². The fraction of sp³-hybridized carbons (Fsp3) is 0.895. The summed E-state index contributed by atoms with van der Waals surface area (Å²) >= 11 is 0. The number of hydrogen-bond acceptors (Lipinski definition) is 7. The summed E-state index contributed by atoms with van der Waals surface area (Å²) in [6.07, 6.45) is -1.08. The Morgan fingerprint density at radius 1 is 1.07 bits per heavy atom. The molecule has 2 rings (SSSR count). The smallest absolute Gasteiger partial charge is 0.220 e. The van der Waals surface area contributed by atoms with Crippen molar-refractivity contribution in [1.82, 2.24) is 0 Å². The minimum Gasteiger partial charge on any atom is -0.408 e. The minimum absolute atomic E-state index is 0.00704. The molecule has 1 saturated heterocycles. The molecule has 1 fully saturated rings. The maximum atomic E-state index is 10.7. The van der Waals surface area contributed by atoms with Gasteiger partial charge in [0.05, 0.1) is 12.7 Å². The average Bonchev–Trinajstić information content (AvgIpc) is 2.58. The van der Waals surface area contributed by atoms with Crippen LogP contribution in [0.2, 0.25) is 18.1 Å². The summed E-state index contributed by atoms with van der Waals surface area (Å²) in [6.45, 7) is 13.9. The fourth-order valence-corrected chi connectivity index (χ4v) is 4.45. The molecule has 2 aliphatic rings. The highest BCUT2D eigenvalue weighted by Crippen LogP contribution is 2.45. The first kappa shape index (κ1) is 23.0. The SMILES string of the molecule is CO[C@]1(C)O[C@@H]2[C@@H](O[C@@]1(C)OC)[C@H](O[Si](C)(C)C(C)(C)C)C=C(CO)[C@H]2O. The van der Waals surface area contributed by atoms with Crippen molar-refractivity contribution in [2.45, 2.75) is 88.7 Å². The van der Waals surface area contributed by atoms with E-state index < -0.39 is 44.3 Å². The zero-order valence-electron chi connectivity index (χ0n) is 18.0. The lowest BCUT2D eigenvalue weighted by Gasteiger charge is -2.56. The molecular formula is C19H36O7Si. The van der Waals surface area contributed by atoms with E-state index in [1.165, 1.54) is 14.2 Å². The van der Waals surface area contributed by atoms with Gasteiger partial charge < -0.3 is 33.6 Å². The van der Waals surface area contributed by atoms with E-state index in [2.05, 4.69) is 33.9 Å². The van der Waals surface area contributed by atoms with Crippen LogP contribution in [0.3, 0.4) is 0 Å². The molecule has 0 aromatic rings. The summed E-state index contributed by atoms with van der Waals surface area (Å²) < 4.78 is 30.2. The number of ether oxygens (including phenoxy) is 4. The third kappa shape index (κ3) is 3.91. The van der Waals surface area contributed by atoms with Crippen molar-refractivity contribution in [3.05, 3.63) is 11.6 Å². The molecule has 1 heterocycles. The number of aliphatic hydroxyl groups is 2. The first-order valence-corrected chi connectivity index (χ1v) is 12.3. The van der Waals surface area contributed by atoms with Crippen LogP contribution in [0.15, 0.2) is 11.6 Å². The Balaban J connectivity index is 2.45. The Hall–Kier alpha value is -0.323. The maximum absolute atomic E-state index is 10.7. The maximum Gasteiger partial charge on any atom is 0.220 e. The first-order chi connectivity index (χ1) is 12.2. The molecule has 0 unspecified atom stereocenters. The van der Waals surface area contributed by atoms with Crippen molar-refractivity contribution in [1.29, 1.82) is 0 Å². The molecule has 2 N–H and O–H groups in total. The van der Waals surface area contributed by atoms with E-state index in [1.807, 2.05) is 0 Å². The van der Waals surface area contributed by atoms with E-state index in [0.717, 1.165) is 0 Å². The molecule has 27 heavy (non-hydrogen) atoms. The summed E-state index contributed by atoms with van der Waals surface area (Å²) in [5, 5.41) is 20.5. The lowest BCUT2D eigenvalue weighted by molar-refractivity contribution is -0.458. The molecule has 0 bridgehead atoms. The van der Waals surface area contributed by atoms with Crippen molar-refractivity contribution in [2.24, 2.45) is 0 Å². The van der Waals surface area contributed by atoms with Crippen LogP contribution in [-0.4, -0.2) is 75.3 Å². The molecule has 1 aliphatic heterocycles. The second kappa shape index (κ2) is 7.49. The van der Waals surface area contributed by atoms with Crippen LogP contribution in [0.5, 0.6) is 0 Å². The van der Waals surface area contributed by atoms with Crippen molar-refractivity contribution in [2.75, 3.05) is 20.8 Å². The van der Waals surface area contributed by atoms with Gasteiger partial charge in [0.15, 0.2) is 8.32 Å². The summed E-state index contributed by atoms with van der Waals surface area (Å²) in [5.74, 6) is -2.43.